The molecular weight excluding hydrogens is 319 g/mol. The summed E-state index contributed by atoms with van der Waals surface area (Å²) >= 11 is 13.1. The van der Waals surface area contributed by atoms with Gasteiger partial charge in [-0.25, -0.2) is 4.98 Å². The van der Waals surface area contributed by atoms with Crippen molar-refractivity contribution >= 4 is 40.9 Å². The maximum absolute atomic E-state index is 11.8. The van der Waals surface area contributed by atoms with Gasteiger partial charge in [0.25, 0.3) is 0 Å². The lowest BCUT2D eigenvalue weighted by molar-refractivity contribution is -0.119. The third-order valence-corrected chi connectivity index (χ3v) is 4.17. The molecule has 0 spiro atoms. The molecule has 0 bridgehead atoms. The number of hydrogen-bond acceptors (Lipinski definition) is 4. The van der Waals surface area contributed by atoms with Crippen LogP contribution in [0.1, 0.15) is 18.5 Å². The molecule has 106 valence electrons. The monoisotopic (exact) mass is 330 g/mol. The lowest BCUT2D eigenvalue weighted by atomic mass is 10.1. The van der Waals surface area contributed by atoms with E-state index in [1.54, 1.807) is 12.1 Å². The van der Waals surface area contributed by atoms with Crippen molar-refractivity contribution in [2.24, 2.45) is 0 Å². The normalized spacial score (nSPS) is 12.2. The number of H-pyrrole nitrogens is 1. The number of carbonyl (C=O) groups excluding carboxylic acids is 1. The number of nitrogens with one attached hydrogen (secondary N) is 2. The van der Waals surface area contributed by atoms with Gasteiger partial charge in [0.05, 0.1) is 21.8 Å². The highest BCUT2D eigenvalue weighted by Gasteiger charge is 2.11. The van der Waals surface area contributed by atoms with Crippen LogP contribution in [0.5, 0.6) is 0 Å². The highest BCUT2D eigenvalue weighted by molar-refractivity contribution is 7.99. The van der Waals surface area contributed by atoms with Gasteiger partial charge in [-0.1, -0.05) is 41.0 Å². The third kappa shape index (κ3) is 4.13. The minimum Gasteiger partial charge on any atom is -0.349 e. The summed E-state index contributed by atoms with van der Waals surface area (Å²) in [5.74, 6) is 0.172. The van der Waals surface area contributed by atoms with Gasteiger partial charge in [-0.05, 0) is 24.6 Å². The molecule has 0 aliphatic rings. The zero-order chi connectivity index (χ0) is 14.5. The summed E-state index contributed by atoms with van der Waals surface area (Å²) in [7, 11) is 0. The molecule has 0 aliphatic heterocycles. The average molecular weight is 331 g/mol. The van der Waals surface area contributed by atoms with Crippen molar-refractivity contribution in [3.63, 3.8) is 0 Å². The molecule has 0 saturated carbocycles. The second-order valence-electron chi connectivity index (χ2n) is 4.04. The number of aromatic amines is 1. The highest BCUT2D eigenvalue weighted by atomic mass is 35.5. The van der Waals surface area contributed by atoms with Gasteiger partial charge in [0, 0.05) is 0 Å². The minimum atomic E-state index is -0.146. The number of rotatable bonds is 5. The third-order valence-electron chi connectivity index (χ3n) is 2.55. The Balaban J connectivity index is 1.88. The maximum atomic E-state index is 11.8. The van der Waals surface area contributed by atoms with Crippen LogP contribution in [0.3, 0.4) is 0 Å². The summed E-state index contributed by atoms with van der Waals surface area (Å²) in [6.45, 7) is 1.89. The first kappa shape index (κ1) is 15.2. The Morgan fingerprint density at radius 2 is 2.25 bits per heavy atom. The largest absolute Gasteiger partial charge is 0.349 e. The predicted octanol–water partition coefficient (Wildman–Crippen LogP) is 3.08. The SMILES string of the molecule is C[C@H](NC(=O)CSc1ncn[nH]1)c1ccc(Cl)c(Cl)c1. The number of halogens is 2. The summed E-state index contributed by atoms with van der Waals surface area (Å²) in [5, 5.41) is 10.9. The van der Waals surface area contributed by atoms with Crippen LogP contribution in [-0.4, -0.2) is 26.8 Å². The standard InChI is InChI=1S/C12H12Cl2N4OS/c1-7(8-2-3-9(13)10(14)4-8)17-11(19)5-20-12-15-6-16-18-12/h2-4,6-7H,5H2,1H3,(H,17,19)(H,15,16,18)/t7-/m0/s1. The van der Waals surface area contributed by atoms with E-state index in [1.807, 2.05) is 13.0 Å². The average Bonchev–Trinajstić information content (AvgIpc) is 2.92. The molecule has 0 unspecified atom stereocenters. The van der Waals surface area contributed by atoms with Gasteiger partial charge in [0.15, 0.2) is 5.16 Å². The molecule has 5 nitrogen and oxygen atoms in total. The van der Waals surface area contributed by atoms with E-state index in [-0.39, 0.29) is 17.7 Å². The molecule has 1 amide bonds. The van der Waals surface area contributed by atoms with E-state index >= 15 is 0 Å². The minimum absolute atomic E-state index is 0.0926. The summed E-state index contributed by atoms with van der Waals surface area (Å²) in [6, 6.07) is 5.15. The fraction of sp³-hybridized carbons (Fsp3) is 0.250. The predicted molar refractivity (Wildman–Crippen MR) is 80.1 cm³/mol. The number of carbonyl (C=O) groups is 1. The molecule has 1 aromatic heterocycles. The Morgan fingerprint density at radius 3 is 2.90 bits per heavy atom. The Hall–Kier alpha value is -1.24. The first-order valence-corrected chi connectivity index (χ1v) is 7.53. The molecule has 0 radical (unpaired) electrons. The van der Waals surface area contributed by atoms with Gasteiger partial charge in [-0.15, -0.1) is 0 Å². The molecule has 1 heterocycles. The van der Waals surface area contributed by atoms with Gasteiger partial charge >= 0.3 is 0 Å². The molecule has 2 rings (SSSR count). The van der Waals surface area contributed by atoms with Crippen molar-refractivity contribution in [3.8, 4) is 0 Å². The van der Waals surface area contributed by atoms with Crippen molar-refractivity contribution in [1.29, 1.82) is 0 Å². The van der Waals surface area contributed by atoms with Crippen LogP contribution in [0.4, 0.5) is 0 Å². The number of thioether (sulfide) groups is 1. The molecular formula is C12H12Cl2N4OS. The van der Waals surface area contributed by atoms with Gasteiger partial charge in [-0.2, -0.15) is 5.10 Å². The van der Waals surface area contributed by atoms with E-state index in [4.69, 9.17) is 23.2 Å². The number of hydrogen-bond donors (Lipinski definition) is 2. The van der Waals surface area contributed by atoms with E-state index in [9.17, 15) is 4.79 Å². The van der Waals surface area contributed by atoms with Crippen molar-refractivity contribution in [3.05, 3.63) is 40.1 Å². The van der Waals surface area contributed by atoms with Crippen LogP contribution in [0.25, 0.3) is 0 Å². The van der Waals surface area contributed by atoms with Crippen LogP contribution in [-0.2, 0) is 4.79 Å². The van der Waals surface area contributed by atoms with Crippen molar-refractivity contribution in [2.45, 2.75) is 18.1 Å². The zero-order valence-electron chi connectivity index (χ0n) is 10.6. The number of nitrogens with zero attached hydrogens (tertiary/aromatic N) is 2. The topological polar surface area (TPSA) is 70.7 Å². The summed E-state index contributed by atoms with van der Waals surface area (Å²) in [5.41, 5.74) is 0.900. The van der Waals surface area contributed by atoms with E-state index in [0.717, 1.165) is 5.56 Å². The molecule has 0 fully saturated rings. The zero-order valence-corrected chi connectivity index (χ0v) is 12.9. The van der Waals surface area contributed by atoms with Crippen LogP contribution < -0.4 is 5.32 Å². The van der Waals surface area contributed by atoms with Gasteiger partial charge in [-0.3, -0.25) is 9.89 Å². The second-order valence-corrected chi connectivity index (χ2v) is 5.82. The molecule has 2 aromatic rings. The van der Waals surface area contributed by atoms with E-state index in [1.165, 1.54) is 18.1 Å². The van der Waals surface area contributed by atoms with Crippen LogP contribution in [0, 0.1) is 0 Å². The fourth-order valence-corrected chi connectivity index (χ4v) is 2.44. The molecule has 1 atom stereocenters. The maximum Gasteiger partial charge on any atom is 0.230 e. The van der Waals surface area contributed by atoms with Gasteiger partial charge < -0.3 is 5.32 Å². The molecule has 8 heteroatoms. The van der Waals surface area contributed by atoms with E-state index in [0.29, 0.717) is 15.2 Å². The molecule has 1 aromatic carbocycles. The highest BCUT2D eigenvalue weighted by Crippen LogP contribution is 2.25. The second kappa shape index (κ2) is 6.97. The molecule has 2 N–H and O–H groups in total. The van der Waals surface area contributed by atoms with Gasteiger partial charge in [0.2, 0.25) is 5.91 Å². The van der Waals surface area contributed by atoms with Crippen LogP contribution >= 0.6 is 35.0 Å². The lowest BCUT2D eigenvalue weighted by Gasteiger charge is -2.14. The van der Waals surface area contributed by atoms with Crippen molar-refractivity contribution in [2.75, 3.05) is 5.75 Å². The Bertz CT molecular complexity index is 591. The summed E-state index contributed by atoms with van der Waals surface area (Å²) in [6.07, 6.45) is 1.40. The molecule has 20 heavy (non-hydrogen) atoms. The Morgan fingerprint density at radius 1 is 1.45 bits per heavy atom. The Labute approximate surface area is 130 Å². The molecule has 0 aliphatic carbocycles. The quantitative estimate of drug-likeness (QED) is 0.826. The Kier molecular flexibility index (Phi) is 5.28. The number of amides is 1. The van der Waals surface area contributed by atoms with Crippen molar-refractivity contribution in [1.82, 2.24) is 20.5 Å². The van der Waals surface area contributed by atoms with Crippen LogP contribution in [0.2, 0.25) is 10.0 Å². The lowest BCUT2D eigenvalue weighted by Crippen LogP contribution is -2.28. The smallest absolute Gasteiger partial charge is 0.230 e. The number of benzene rings is 1. The van der Waals surface area contributed by atoms with E-state index in [2.05, 4.69) is 20.5 Å². The molecule has 0 saturated heterocycles. The van der Waals surface area contributed by atoms with Crippen molar-refractivity contribution < 1.29 is 4.79 Å². The first-order chi connectivity index (χ1) is 9.56. The fourth-order valence-electron chi connectivity index (χ4n) is 1.55. The first-order valence-electron chi connectivity index (χ1n) is 5.78. The summed E-state index contributed by atoms with van der Waals surface area (Å²) < 4.78 is 0. The van der Waals surface area contributed by atoms with E-state index < -0.39 is 0 Å². The summed E-state index contributed by atoms with van der Waals surface area (Å²) in [4.78, 5) is 15.8. The van der Waals surface area contributed by atoms with Gasteiger partial charge in [0.1, 0.15) is 6.33 Å². The number of aromatic nitrogens is 3. The van der Waals surface area contributed by atoms with Crippen LogP contribution in [0.15, 0.2) is 29.7 Å².